The number of unbranched alkanes of at least 4 members (excludes halogenated alkanes) is 10. The van der Waals surface area contributed by atoms with Crippen molar-refractivity contribution in [2.24, 2.45) is 0 Å². The van der Waals surface area contributed by atoms with Gasteiger partial charge in [0.2, 0.25) is 11.8 Å². The van der Waals surface area contributed by atoms with Crippen molar-refractivity contribution in [3.8, 4) is 45.2 Å². The molecule has 0 spiro atoms. The third kappa shape index (κ3) is 8.30. The third-order valence-corrected chi connectivity index (χ3v) is 11.5. The summed E-state index contributed by atoms with van der Waals surface area (Å²) in [4.78, 5) is 0. The zero-order valence-electron chi connectivity index (χ0n) is 33.2. The average molecular weight is 695 g/mol. The maximum atomic E-state index is 6.22. The SMILES string of the molecule is CCCCCCCCC1(CCCCCCCC)c2cc(C)ccc2-c2c(-c3ccc(-c4nnc(-c5ccc(C(C)(C)C)cc5)o4)cc3)cc(C)cc21. The number of fused-ring (bicyclic) bond motifs is 3. The number of aryl methyl sites for hydroxylation is 2. The van der Waals surface area contributed by atoms with Gasteiger partial charge in [0.05, 0.1) is 0 Å². The predicted molar refractivity (Wildman–Crippen MR) is 221 cm³/mol. The van der Waals surface area contributed by atoms with E-state index in [0.717, 1.165) is 11.1 Å². The molecular formula is C49H62N2O. The summed E-state index contributed by atoms with van der Waals surface area (Å²) in [5.41, 5.74) is 14.6. The smallest absolute Gasteiger partial charge is 0.248 e. The van der Waals surface area contributed by atoms with E-state index in [9.17, 15) is 0 Å². The lowest BCUT2D eigenvalue weighted by atomic mass is 9.70. The largest absolute Gasteiger partial charge is 0.416 e. The van der Waals surface area contributed by atoms with E-state index >= 15 is 0 Å². The molecule has 0 radical (unpaired) electrons. The summed E-state index contributed by atoms with van der Waals surface area (Å²) in [5, 5.41) is 8.87. The second-order valence-electron chi connectivity index (χ2n) is 16.7. The third-order valence-electron chi connectivity index (χ3n) is 11.5. The van der Waals surface area contributed by atoms with Crippen molar-refractivity contribution in [3.63, 3.8) is 0 Å². The molecule has 0 atom stereocenters. The molecule has 3 heteroatoms. The van der Waals surface area contributed by atoms with E-state index in [1.807, 2.05) is 0 Å². The topological polar surface area (TPSA) is 38.9 Å². The first kappa shape index (κ1) is 37.8. The van der Waals surface area contributed by atoms with Gasteiger partial charge in [-0.25, -0.2) is 0 Å². The highest BCUT2D eigenvalue weighted by molar-refractivity contribution is 5.93. The molecule has 0 saturated carbocycles. The van der Waals surface area contributed by atoms with Crippen molar-refractivity contribution in [3.05, 3.63) is 107 Å². The van der Waals surface area contributed by atoms with Gasteiger partial charge in [0.1, 0.15) is 0 Å². The van der Waals surface area contributed by atoms with Crippen molar-refractivity contribution in [1.29, 1.82) is 0 Å². The van der Waals surface area contributed by atoms with Gasteiger partial charge < -0.3 is 4.42 Å². The Bertz CT molecular complexity index is 1890. The van der Waals surface area contributed by atoms with Crippen LogP contribution in [0.25, 0.3) is 45.2 Å². The minimum absolute atomic E-state index is 0.0676. The second-order valence-corrected chi connectivity index (χ2v) is 16.7. The number of benzene rings is 4. The lowest BCUT2D eigenvalue weighted by Gasteiger charge is -2.33. The standard InChI is InChI=1S/C49H62N2O/c1-8-10-12-14-16-18-30-49(31-19-17-15-13-11-9-2)43-33-35(3)20-29-41(43)45-42(32-36(4)34-44(45)49)37-21-23-38(24-22-37)46-50-51-47(52-46)39-25-27-40(28-26-39)48(5,6)7/h20-29,32-34H,8-19,30-31H2,1-7H3. The van der Waals surface area contributed by atoms with Gasteiger partial charge in [-0.1, -0.05) is 177 Å². The van der Waals surface area contributed by atoms with E-state index in [2.05, 4.69) is 138 Å². The van der Waals surface area contributed by atoms with Crippen LogP contribution >= 0.6 is 0 Å². The van der Waals surface area contributed by atoms with Crippen molar-refractivity contribution >= 4 is 0 Å². The number of rotatable bonds is 17. The van der Waals surface area contributed by atoms with Gasteiger partial charge >= 0.3 is 0 Å². The van der Waals surface area contributed by atoms with Gasteiger partial charge in [0, 0.05) is 16.5 Å². The highest BCUT2D eigenvalue weighted by atomic mass is 16.4. The summed E-state index contributed by atoms with van der Waals surface area (Å²) in [6, 6.07) is 29.5. The minimum Gasteiger partial charge on any atom is -0.416 e. The Labute approximate surface area is 314 Å². The molecule has 1 heterocycles. The van der Waals surface area contributed by atoms with Crippen molar-refractivity contribution in [2.45, 2.75) is 149 Å². The molecule has 0 fully saturated rings. The molecule has 0 amide bonds. The van der Waals surface area contributed by atoms with E-state index in [1.54, 1.807) is 11.1 Å². The van der Waals surface area contributed by atoms with Crippen LogP contribution in [0, 0.1) is 13.8 Å². The fourth-order valence-electron chi connectivity index (χ4n) is 8.54. The number of aromatic nitrogens is 2. The Morgan fingerprint density at radius 3 is 1.58 bits per heavy atom. The zero-order chi connectivity index (χ0) is 36.7. The molecule has 0 saturated heterocycles. The molecule has 0 bridgehead atoms. The van der Waals surface area contributed by atoms with E-state index in [1.165, 1.54) is 129 Å². The molecule has 4 aromatic carbocycles. The summed E-state index contributed by atoms with van der Waals surface area (Å²) < 4.78 is 6.22. The van der Waals surface area contributed by atoms with Crippen LogP contribution in [0.2, 0.25) is 0 Å². The van der Waals surface area contributed by atoms with Crippen LogP contribution in [-0.2, 0) is 10.8 Å². The molecule has 0 aliphatic heterocycles. The molecule has 0 unspecified atom stereocenters. The van der Waals surface area contributed by atoms with Crippen molar-refractivity contribution in [2.75, 3.05) is 0 Å². The van der Waals surface area contributed by atoms with Crippen LogP contribution in [-0.4, -0.2) is 10.2 Å². The zero-order valence-corrected chi connectivity index (χ0v) is 33.2. The Morgan fingerprint density at radius 2 is 1.02 bits per heavy atom. The van der Waals surface area contributed by atoms with Crippen LogP contribution in [0.1, 0.15) is 152 Å². The number of hydrogen-bond donors (Lipinski definition) is 0. The maximum absolute atomic E-state index is 6.22. The van der Waals surface area contributed by atoms with E-state index < -0.39 is 0 Å². The van der Waals surface area contributed by atoms with Crippen LogP contribution in [0.15, 0.2) is 83.3 Å². The summed E-state index contributed by atoms with van der Waals surface area (Å²) in [7, 11) is 0. The van der Waals surface area contributed by atoms with Gasteiger partial charge in [0.25, 0.3) is 0 Å². The van der Waals surface area contributed by atoms with Crippen LogP contribution < -0.4 is 0 Å². The molecule has 6 rings (SSSR count). The highest BCUT2D eigenvalue weighted by Crippen LogP contribution is 2.57. The first-order chi connectivity index (χ1) is 25.1. The molecule has 52 heavy (non-hydrogen) atoms. The maximum Gasteiger partial charge on any atom is 0.248 e. The van der Waals surface area contributed by atoms with Crippen molar-refractivity contribution in [1.82, 2.24) is 10.2 Å². The van der Waals surface area contributed by atoms with E-state index in [-0.39, 0.29) is 10.8 Å². The lowest BCUT2D eigenvalue weighted by Crippen LogP contribution is -2.26. The summed E-state index contributed by atoms with van der Waals surface area (Å²) >= 11 is 0. The first-order valence-electron chi connectivity index (χ1n) is 20.5. The summed E-state index contributed by atoms with van der Waals surface area (Å²) in [6.45, 7) is 15.9. The van der Waals surface area contributed by atoms with Crippen LogP contribution in [0.3, 0.4) is 0 Å². The quantitative estimate of drug-likeness (QED) is 0.0910. The monoisotopic (exact) mass is 694 g/mol. The predicted octanol–water partition coefficient (Wildman–Crippen LogP) is 14.8. The fourth-order valence-corrected chi connectivity index (χ4v) is 8.54. The average Bonchev–Trinajstić information content (AvgIpc) is 3.73. The van der Waals surface area contributed by atoms with Crippen LogP contribution in [0.5, 0.6) is 0 Å². The lowest BCUT2D eigenvalue weighted by molar-refractivity contribution is 0.397. The van der Waals surface area contributed by atoms with E-state index in [4.69, 9.17) is 4.42 Å². The van der Waals surface area contributed by atoms with Crippen molar-refractivity contribution < 1.29 is 4.42 Å². The molecule has 1 aliphatic carbocycles. The first-order valence-corrected chi connectivity index (χ1v) is 20.5. The van der Waals surface area contributed by atoms with Gasteiger partial charge in [-0.05, 0) is 95.3 Å². The minimum atomic E-state index is 0.0676. The Hall–Kier alpha value is -3.98. The molecule has 0 N–H and O–H groups in total. The summed E-state index contributed by atoms with van der Waals surface area (Å²) in [5.74, 6) is 1.10. The molecule has 3 nitrogen and oxygen atoms in total. The number of hydrogen-bond acceptors (Lipinski definition) is 3. The number of nitrogens with zero attached hydrogens (tertiary/aromatic N) is 2. The van der Waals surface area contributed by atoms with Gasteiger partial charge in [-0.15, -0.1) is 10.2 Å². The van der Waals surface area contributed by atoms with E-state index in [0.29, 0.717) is 11.8 Å². The molecule has 5 aromatic rings. The van der Waals surface area contributed by atoms with Gasteiger partial charge in [-0.2, -0.15) is 0 Å². The molecular weight excluding hydrogens is 633 g/mol. The van der Waals surface area contributed by atoms with Gasteiger partial charge in [-0.3, -0.25) is 0 Å². The molecule has 274 valence electrons. The highest BCUT2D eigenvalue weighted by Gasteiger charge is 2.43. The Kier molecular flexibility index (Phi) is 12.2. The Balaban J connectivity index is 1.33. The molecule has 1 aliphatic rings. The normalized spacial score (nSPS) is 13.4. The van der Waals surface area contributed by atoms with Crippen LogP contribution in [0.4, 0.5) is 0 Å². The molecule has 1 aromatic heterocycles. The summed E-state index contributed by atoms with van der Waals surface area (Å²) in [6.07, 6.45) is 18.4. The fraction of sp³-hybridized carbons (Fsp3) is 0.469. The Morgan fingerprint density at radius 1 is 0.519 bits per heavy atom. The second kappa shape index (κ2) is 16.8. The van der Waals surface area contributed by atoms with Gasteiger partial charge in [0.15, 0.2) is 0 Å².